The average Bonchev–Trinajstić information content (AvgIpc) is 3.32. The van der Waals surface area contributed by atoms with Crippen molar-refractivity contribution in [3.05, 3.63) is 77.9 Å². The minimum absolute atomic E-state index is 0.0347. The van der Waals surface area contributed by atoms with E-state index in [1.54, 1.807) is 6.08 Å². The molecule has 2 aliphatic rings. The van der Waals surface area contributed by atoms with Gasteiger partial charge in [-0.2, -0.15) is 0 Å². The van der Waals surface area contributed by atoms with Crippen molar-refractivity contribution in [3.8, 4) is 11.5 Å². The molecule has 0 bridgehead atoms. The summed E-state index contributed by atoms with van der Waals surface area (Å²) in [5.74, 6) is 1.56. The van der Waals surface area contributed by atoms with Gasteiger partial charge in [-0.3, -0.25) is 0 Å². The second kappa shape index (κ2) is 11.1. The summed E-state index contributed by atoms with van der Waals surface area (Å²) in [7, 11) is 0. The Morgan fingerprint density at radius 3 is 2.64 bits per heavy atom. The second-order valence-electron chi connectivity index (χ2n) is 8.62. The van der Waals surface area contributed by atoms with Gasteiger partial charge in [-0.15, -0.1) is 0 Å². The summed E-state index contributed by atoms with van der Waals surface area (Å²) in [6, 6.07) is 13.8. The van der Waals surface area contributed by atoms with Crippen molar-refractivity contribution in [1.82, 2.24) is 15.5 Å². The van der Waals surface area contributed by atoms with E-state index < -0.39 is 0 Å². The maximum absolute atomic E-state index is 13.1. The third kappa shape index (κ3) is 6.17. The molecule has 0 radical (unpaired) electrons. The van der Waals surface area contributed by atoms with Crippen LogP contribution in [0.2, 0.25) is 0 Å². The highest BCUT2D eigenvalue weighted by Gasteiger charge is 2.21. The highest BCUT2D eigenvalue weighted by Crippen LogP contribution is 2.31. The summed E-state index contributed by atoms with van der Waals surface area (Å²) in [5.41, 5.74) is 3.93. The van der Waals surface area contributed by atoms with Gasteiger partial charge in [0.15, 0.2) is 11.5 Å². The summed E-state index contributed by atoms with van der Waals surface area (Å²) >= 11 is 0. The highest BCUT2D eigenvalue weighted by molar-refractivity contribution is 5.86. The molecule has 2 heterocycles. The minimum atomic E-state index is -0.215. The van der Waals surface area contributed by atoms with Crippen LogP contribution in [0.25, 0.3) is 5.70 Å². The van der Waals surface area contributed by atoms with Crippen molar-refractivity contribution in [2.24, 2.45) is 0 Å². The molecule has 174 valence electrons. The van der Waals surface area contributed by atoms with Crippen molar-refractivity contribution in [3.63, 3.8) is 0 Å². The minimum Gasteiger partial charge on any atom is -0.486 e. The van der Waals surface area contributed by atoms with Crippen LogP contribution in [0.4, 0.5) is 4.79 Å². The standard InChI is InChI=1S/C27H33N3O3/c1-3-8-24(23-10-5-4-9-20(23)2)29-27(31)28-22(19-30-13-6-7-14-30)17-21-11-12-25-26(18-21)33-16-15-32-25/h3-5,8-12,18,22H,1,6-7,13-17,19H2,2H3,(H2,28,29,31)/b24-8+. The number of hydrogen-bond donors (Lipinski definition) is 2. The van der Waals surface area contributed by atoms with Crippen molar-refractivity contribution in [2.45, 2.75) is 32.2 Å². The Bertz CT molecular complexity index is 1010. The molecule has 0 aliphatic carbocycles. The van der Waals surface area contributed by atoms with Gasteiger partial charge >= 0.3 is 6.03 Å². The summed E-state index contributed by atoms with van der Waals surface area (Å²) < 4.78 is 11.4. The van der Waals surface area contributed by atoms with Crippen LogP contribution in [0, 0.1) is 6.92 Å². The molecular formula is C27H33N3O3. The number of hydrogen-bond acceptors (Lipinski definition) is 4. The smallest absolute Gasteiger partial charge is 0.319 e. The van der Waals surface area contributed by atoms with Gasteiger partial charge in [0.1, 0.15) is 13.2 Å². The number of rotatable bonds is 8. The van der Waals surface area contributed by atoms with Crippen molar-refractivity contribution in [1.29, 1.82) is 0 Å². The van der Waals surface area contributed by atoms with E-state index >= 15 is 0 Å². The first-order chi connectivity index (χ1) is 16.1. The topological polar surface area (TPSA) is 62.8 Å². The normalized spacial score (nSPS) is 16.8. The molecule has 6 nitrogen and oxygen atoms in total. The molecule has 1 unspecified atom stereocenters. The molecule has 1 saturated heterocycles. The van der Waals surface area contributed by atoms with Crippen LogP contribution in [0.5, 0.6) is 11.5 Å². The zero-order chi connectivity index (χ0) is 23.0. The van der Waals surface area contributed by atoms with E-state index in [0.717, 1.165) is 53.5 Å². The highest BCUT2D eigenvalue weighted by atomic mass is 16.6. The third-order valence-corrected chi connectivity index (χ3v) is 6.07. The summed E-state index contributed by atoms with van der Waals surface area (Å²) in [5, 5.41) is 6.25. The van der Waals surface area contributed by atoms with E-state index in [1.807, 2.05) is 49.4 Å². The molecule has 33 heavy (non-hydrogen) atoms. The van der Waals surface area contributed by atoms with Gasteiger partial charge in [0.05, 0.1) is 0 Å². The Balaban J connectivity index is 1.47. The lowest BCUT2D eigenvalue weighted by molar-refractivity contribution is 0.171. The first-order valence-corrected chi connectivity index (χ1v) is 11.7. The predicted molar refractivity (Wildman–Crippen MR) is 132 cm³/mol. The largest absolute Gasteiger partial charge is 0.486 e. The molecule has 0 spiro atoms. The number of allylic oxidation sites excluding steroid dienone is 2. The lowest BCUT2D eigenvalue weighted by atomic mass is 10.0. The van der Waals surface area contributed by atoms with Gasteiger partial charge in [0.2, 0.25) is 0 Å². The maximum Gasteiger partial charge on any atom is 0.319 e. The fourth-order valence-corrected chi connectivity index (χ4v) is 4.47. The Morgan fingerprint density at radius 2 is 1.88 bits per heavy atom. The Hall–Kier alpha value is -3.25. The molecule has 2 aromatic rings. The molecular weight excluding hydrogens is 414 g/mol. The van der Waals surface area contributed by atoms with Gasteiger partial charge in [0.25, 0.3) is 0 Å². The molecule has 2 aliphatic heterocycles. The molecule has 0 aromatic heterocycles. The van der Waals surface area contributed by atoms with E-state index in [2.05, 4.69) is 28.2 Å². The quantitative estimate of drug-likeness (QED) is 0.593. The average molecular weight is 448 g/mol. The molecule has 1 atom stereocenters. The SMILES string of the molecule is C=C/C=C(/NC(=O)NC(Cc1ccc2c(c1)OCCO2)CN1CCCC1)c1ccccc1C. The molecule has 2 amide bonds. The third-order valence-electron chi connectivity index (χ3n) is 6.07. The Morgan fingerprint density at radius 1 is 1.12 bits per heavy atom. The number of nitrogens with zero attached hydrogens (tertiary/aromatic N) is 1. The van der Waals surface area contributed by atoms with Gasteiger partial charge < -0.3 is 25.0 Å². The fourth-order valence-electron chi connectivity index (χ4n) is 4.47. The van der Waals surface area contributed by atoms with Crippen LogP contribution < -0.4 is 20.1 Å². The summed E-state index contributed by atoms with van der Waals surface area (Å²) in [6.07, 6.45) is 6.66. The van der Waals surface area contributed by atoms with Gasteiger partial charge in [-0.1, -0.05) is 43.0 Å². The van der Waals surface area contributed by atoms with Crippen LogP contribution in [-0.2, 0) is 6.42 Å². The van der Waals surface area contributed by atoms with Crippen molar-refractivity contribution < 1.29 is 14.3 Å². The Kier molecular flexibility index (Phi) is 7.68. The van der Waals surface area contributed by atoms with Crippen molar-refractivity contribution >= 4 is 11.7 Å². The number of nitrogens with one attached hydrogen (secondary N) is 2. The zero-order valence-corrected chi connectivity index (χ0v) is 19.3. The fraction of sp³-hybridized carbons (Fsp3) is 0.370. The van der Waals surface area contributed by atoms with Gasteiger partial charge in [-0.05, 0) is 68.6 Å². The number of aryl methyl sites for hydroxylation is 1. The number of fused-ring (bicyclic) bond motifs is 1. The van der Waals surface area contributed by atoms with E-state index in [0.29, 0.717) is 19.6 Å². The van der Waals surface area contributed by atoms with Crippen LogP contribution >= 0.6 is 0 Å². The van der Waals surface area contributed by atoms with Gasteiger partial charge in [0, 0.05) is 23.8 Å². The zero-order valence-electron chi connectivity index (χ0n) is 19.3. The molecule has 6 heteroatoms. The summed E-state index contributed by atoms with van der Waals surface area (Å²) in [4.78, 5) is 15.5. The van der Waals surface area contributed by atoms with Crippen LogP contribution in [-0.4, -0.2) is 49.8 Å². The van der Waals surface area contributed by atoms with E-state index in [-0.39, 0.29) is 12.1 Å². The van der Waals surface area contributed by atoms with Crippen LogP contribution in [0.3, 0.4) is 0 Å². The summed E-state index contributed by atoms with van der Waals surface area (Å²) in [6.45, 7) is 9.94. The van der Waals surface area contributed by atoms with E-state index in [9.17, 15) is 4.79 Å². The first kappa shape index (κ1) is 22.9. The molecule has 0 saturated carbocycles. The number of benzene rings is 2. The van der Waals surface area contributed by atoms with E-state index in [4.69, 9.17) is 9.47 Å². The predicted octanol–water partition coefficient (Wildman–Crippen LogP) is 4.30. The maximum atomic E-state index is 13.1. The lowest BCUT2D eigenvalue weighted by Crippen LogP contribution is -2.47. The number of urea groups is 1. The molecule has 4 rings (SSSR count). The molecule has 1 fully saturated rings. The molecule has 2 N–H and O–H groups in total. The number of carbonyl (C=O) groups is 1. The van der Waals surface area contributed by atoms with Crippen LogP contribution in [0.15, 0.2) is 61.2 Å². The number of amides is 2. The Labute approximate surface area is 196 Å². The van der Waals surface area contributed by atoms with Gasteiger partial charge in [-0.25, -0.2) is 4.79 Å². The number of ether oxygens (including phenoxy) is 2. The van der Waals surface area contributed by atoms with E-state index in [1.165, 1.54) is 12.8 Å². The monoisotopic (exact) mass is 447 g/mol. The second-order valence-corrected chi connectivity index (χ2v) is 8.62. The first-order valence-electron chi connectivity index (χ1n) is 11.7. The molecule has 2 aromatic carbocycles. The number of likely N-dealkylation sites (tertiary alicyclic amines) is 1. The number of carbonyl (C=O) groups excluding carboxylic acids is 1. The van der Waals surface area contributed by atoms with Crippen LogP contribution in [0.1, 0.15) is 29.5 Å². The van der Waals surface area contributed by atoms with Crippen molar-refractivity contribution in [2.75, 3.05) is 32.8 Å². The lowest BCUT2D eigenvalue weighted by Gasteiger charge is -2.26.